The lowest BCUT2D eigenvalue weighted by Gasteiger charge is -2.11. The Morgan fingerprint density at radius 1 is 0.967 bits per heavy atom. The number of nitrogens with two attached hydrogens (primary N) is 1. The molecule has 7 nitrogen and oxygen atoms in total. The van der Waals surface area contributed by atoms with Gasteiger partial charge in [-0.25, -0.2) is 13.2 Å². The summed E-state index contributed by atoms with van der Waals surface area (Å²) in [6.45, 7) is 3.35. The highest BCUT2D eigenvalue weighted by Gasteiger charge is 2.14. The molecule has 0 aliphatic heterocycles. The Bertz CT molecular complexity index is 899. The molecule has 0 radical (unpaired) electrons. The Balaban J connectivity index is 1.92. The van der Waals surface area contributed by atoms with Crippen LogP contribution in [-0.2, 0) is 16.4 Å². The standard InChI is InChI=1S/C22H32N4O3S/c1-2-3-4-5-16-24-22(27)25-19-11-13-21(14-12-19)30(28,29)26-20-10-6-8-18(17-20)9-7-15-23/h6,8,10-14,17,26H,2-5,7,9,15-16,23H2,1H3,(H2,24,25,27). The summed E-state index contributed by atoms with van der Waals surface area (Å²) in [6.07, 6.45) is 5.98. The van der Waals surface area contributed by atoms with Gasteiger partial charge in [-0.15, -0.1) is 0 Å². The quantitative estimate of drug-likeness (QED) is 0.378. The predicted molar refractivity (Wildman–Crippen MR) is 122 cm³/mol. The first-order chi connectivity index (χ1) is 14.4. The monoisotopic (exact) mass is 432 g/mol. The SMILES string of the molecule is CCCCCCNC(=O)Nc1ccc(S(=O)(=O)Nc2cccc(CCCN)c2)cc1. The highest BCUT2D eigenvalue weighted by molar-refractivity contribution is 7.92. The number of carbonyl (C=O) groups is 1. The number of carbonyl (C=O) groups excluding carboxylic acids is 1. The Morgan fingerprint density at radius 2 is 1.73 bits per heavy atom. The molecule has 0 aromatic heterocycles. The highest BCUT2D eigenvalue weighted by Crippen LogP contribution is 2.19. The van der Waals surface area contributed by atoms with E-state index >= 15 is 0 Å². The molecule has 5 N–H and O–H groups in total. The van der Waals surface area contributed by atoms with Crippen LogP contribution < -0.4 is 21.1 Å². The van der Waals surface area contributed by atoms with E-state index in [0.717, 1.165) is 44.1 Å². The Morgan fingerprint density at radius 3 is 2.43 bits per heavy atom. The maximum atomic E-state index is 12.7. The summed E-state index contributed by atoms with van der Waals surface area (Å²) >= 11 is 0. The largest absolute Gasteiger partial charge is 0.338 e. The smallest absolute Gasteiger partial charge is 0.319 e. The molecule has 0 atom stereocenters. The summed E-state index contributed by atoms with van der Waals surface area (Å²) in [5, 5.41) is 5.51. The normalized spacial score (nSPS) is 11.1. The van der Waals surface area contributed by atoms with E-state index in [0.29, 0.717) is 24.5 Å². The van der Waals surface area contributed by atoms with Gasteiger partial charge in [0.1, 0.15) is 0 Å². The zero-order valence-corrected chi connectivity index (χ0v) is 18.3. The molecule has 0 aliphatic carbocycles. The zero-order valence-electron chi connectivity index (χ0n) is 17.5. The molecule has 8 heteroatoms. The van der Waals surface area contributed by atoms with Crippen molar-refractivity contribution in [2.45, 2.75) is 50.3 Å². The molecule has 0 unspecified atom stereocenters. The van der Waals surface area contributed by atoms with Crippen LogP contribution in [0.3, 0.4) is 0 Å². The van der Waals surface area contributed by atoms with Crippen molar-refractivity contribution in [3.63, 3.8) is 0 Å². The van der Waals surface area contributed by atoms with Gasteiger partial charge in [0.25, 0.3) is 10.0 Å². The minimum absolute atomic E-state index is 0.125. The van der Waals surface area contributed by atoms with Crippen LogP contribution in [0, 0.1) is 0 Å². The van der Waals surface area contributed by atoms with Gasteiger partial charge in [-0.3, -0.25) is 4.72 Å². The van der Waals surface area contributed by atoms with Gasteiger partial charge >= 0.3 is 6.03 Å². The van der Waals surface area contributed by atoms with Crippen molar-refractivity contribution < 1.29 is 13.2 Å². The third kappa shape index (κ3) is 8.04. The average molecular weight is 433 g/mol. The minimum Gasteiger partial charge on any atom is -0.338 e. The summed E-state index contributed by atoms with van der Waals surface area (Å²) < 4.78 is 27.9. The Hall–Kier alpha value is -2.58. The number of hydrogen-bond donors (Lipinski definition) is 4. The third-order valence-corrected chi connectivity index (χ3v) is 5.98. The van der Waals surface area contributed by atoms with E-state index in [4.69, 9.17) is 5.73 Å². The predicted octanol–water partition coefficient (Wildman–Crippen LogP) is 4.08. The first-order valence-corrected chi connectivity index (χ1v) is 11.9. The van der Waals surface area contributed by atoms with Crippen molar-refractivity contribution in [2.75, 3.05) is 23.1 Å². The maximum absolute atomic E-state index is 12.7. The van der Waals surface area contributed by atoms with Gasteiger partial charge in [-0.1, -0.05) is 38.3 Å². The molecule has 0 aliphatic rings. The lowest BCUT2D eigenvalue weighted by atomic mass is 10.1. The van der Waals surface area contributed by atoms with E-state index in [1.54, 1.807) is 18.2 Å². The second-order valence-corrected chi connectivity index (χ2v) is 8.85. The number of sulfonamides is 1. The van der Waals surface area contributed by atoms with E-state index in [9.17, 15) is 13.2 Å². The van der Waals surface area contributed by atoms with Crippen LogP contribution in [0.25, 0.3) is 0 Å². The lowest BCUT2D eigenvalue weighted by molar-refractivity contribution is 0.252. The molecule has 0 saturated carbocycles. The van der Waals surface area contributed by atoms with Crippen molar-refractivity contribution in [3.05, 3.63) is 54.1 Å². The Labute approximate surface area is 179 Å². The topological polar surface area (TPSA) is 113 Å². The second kappa shape index (κ2) is 12.2. The van der Waals surface area contributed by atoms with Gasteiger partial charge in [0.15, 0.2) is 0 Å². The highest BCUT2D eigenvalue weighted by atomic mass is 32.2. The summed E-state index contributed by atoms with van der Waals surface area (Å²) in [4.78, 5) is 12.0. The molecule has 2 amide bonds. The van der Waals surface area contributed by atoms with Crippen molar-refractivity contribution in [2.24, 2.45) is 5.73 Å². The molecule has 2 rings (SSSR count). The number of anilines is 2. The molecular formula is C22H32N4O3S. The van der Waals surface area contributed by atoms with Crippen LogP contribution in [-0.4, -0.2) is 27.5 Å². The van der Waals surface area contributed by atoms with Crippen LogP contribution in [0.1, 0.15) is 44.6 Å². The number of unbranched alkanes of at least 4 members (excludes halogenated alkanes) is 3. The van der Waals surface area contributed by atoms with E-state index in [-0.39, 0.29) is 10.9 Å². The van der Waals surface area contributed by atoms with E-state index < -0.39 is 10.0 Å². The van der Waals surface area contributed by atoms with Crippen LogP contribution in [0.4, 0.5) is 16.2 Å². The molecule has 0 saturated heterocycles. The molecular weight excluding hydrogens is 400 g/mol. The number of urea groups is 1. The molecule has 0 heterocycles. The van der Waals surface area contributed by atoms with Crippen LogP contribution in [0.5, 0.6) is 0 Å². The van der Waals surface area contributed by atoms with Crippen LogP contribution in [0.15, 0.2) is 53.4 Å². The lowest BCUT2D eigenvalue weighted by Crippen LogP contribution is -2.29. The Kier molecular flexibility index (Phi) is 9.63. The van der Waals surface area contributed by atoms with Crippen LogP contribution in [0.2, 0.25) is 0 Å². The summed E-state index contributed by atoms with van der Waals surface area (Å²) in [6, 6.07) is 13.1. The summed E-state index contributed by atoms with van der Waals surface area (Å²) in [7, 11) is -3.72. The van der Waals surface area contributed by atoms with Gasteiger partial charge in [0.2, 0.25) is 0 Å². The zero-order chi connectivity index (χ0) is 21.8. The summed E-state index contributed by atoms with van der Waals surface area (Å²) in [5.41, 5.74) is 7.60. The minimum atomic E-state index is -3.72. The second-order valence-electron chi connectivity index (χ2n) is 7.16. The maximum Gasteiger partial charge on any atom is 0.319 e. The van der Waals surface area contributed by atoms with Gasteiger partial charge in [0, 0.05) is 17.9 Å². The molecule has 2 aromatic rings. The number of hydrogen-bond acceptors (Lipinski definition) is 4. The first-order valence-electron chi connectivity index (χ1n) is 10.4. The summed E-state index contributed by atoms with van der Waals surface area (Å²) in [5.74, 6) is 0. The van der Waals surface area contributed by atoms with E-state index in [1.165, 1.54) is 12.1 Å². The first kappa shape index (κ1) is 23.7. The molecule has 0 bridgehead atoms. The fourth-order valence-electron chi connectivity index (χ4n) is 2.96. The van der Waals surface area contributed by atoms with Crippen molar-refractivity contribution in [1.82, 2.24) is 5.32 Å². The number of nitrogens with one attached hydrogen (secondary N) is 3. The van der Waals surface area contributed by atoms with Gasteiger partial charge < -0.3 is 16.4 Å². The number of amides is 2. The fourth-order valence-corrected chi connectivity index (χ4v) is 4.01. The fraction of sp³-hybridized carbons (Fsp3) is 0.409. The van der Waals surface area contributed by atoms with Crippen molar-refractivity contribution in [1.29, 1.82) is 0 Å². The van der Waals surface area contributed by atoms with Crippen molar-refractivity contribution in [3.8, 4) is 0 Å². The number of aryl methyl sites for hydroxylation is 1. The number of benzene rings is 2. The molecule has 0 spiro atoms. The number of rotatable bonds is 12. The van der Waals surface area contributed by atoms with Gasteiger partial charge in [-0.2, -0.15) is 0 Å². The van der Waals surface area contributed by atoms with Gasteiger partial charge in [0.05, 0.1) is 4.90 Å². The van der Waals surface area contributed by atoms with Gasteiger partial charge in [-0.05, 0) is 67.8 Å². The van der Waals surface area contributed by atoms with Crippen LogP contribution >= 0.6 is 0 Å². The molecule has 2 aromatic carbocycles. The third-order valence-electron chi connectivity index (χ3n) is 4.59. The van der Waals surface area contributed by atoms with E-state index in [1.807, 2.05) is 18.2 Å². The molecule has 164 valence electrons. The average Bonchev–Trinajstić information content (AvgIpc) is 2.72. The molecule has 0 fully saturated rings. The van der Waals surface area contributed by atoms with E-state index in [2.05, 4.69) is 22.3 Å². The van der Waals surface area contributed by atoms with Crippen molar-refractivity contribution >= 4 is 27.4 Å². The molecule has 30 heavy (non-hydrogen) atoms.